The van der Waals surface area contributed by atoms with Gasteiger partial charge < -0.3 is 4.57 Å². The van der Waals surface area contributed by atoms with Crippen molar-refractivity contribution in [1.82, 2.24) is 9.55 Å². The molecule has 1 N–H and O–H groups in total. The van der Waals surface area contributed by atoms with Gasteiger partial charge in [-0.25, -0.2) is 0 Å². The summed E-state index contributed by atoms with van der Waals surface area (Å²) in [6.45, 7) is 7.71. The molecule has 0 unspecified atom stereocenters. The van der Waals surface area contributed by atoms with E-state index in [1.807, 2.05) is 24.6 Å². The van der Waals surface area contributed by atoms with Crippen LogP contribution in [-0.2, 0) is 6.42 Å². The standard InChI is InChI=1S/C11H16N2OS/c1-4-5-6-9-7-13(8(2)3)11(15)12-10(9)14/h4,7-8H,1,5-6H2,2-3H3,(H,12,14,15). The molecule has 0 bridgehead atoms. The van der Waals surface area contributed by atoms with Gasteiger partial charge in [0.1, 0.15) is 0 Å². The van der Waals surface area contributed by atoms with Crippen LogP contribution in [0.4, 0.5) is 0 Å². The number of nitrogens with zero attached hydrogens (tertiary/aromatic N) is 1. The van der Waals surface area contributed by atoms with E-state index in [9.17, 15) is 4.79 Å². The first-order valence-corrected chi connectivity index (χ1v) is 5.42. The summed E-state index contributed by atoms with van der Waals surface area (Å²) in [4.78, 5) is 14.2. The zero-order valence-corrected chi connectivity index (χ0v) is 9.93. The number of hydrogen-bond donors (Lipinski definition) is 1. The summed E-state index contributed by atoms with van der Waals surface area (Å²) in [5.74, 6) is 0. The first-order chi connectivity index (χ1) is 7.06. The predicted octanol–water partition coefficient (Wildman–Crippen LogP) is 2.61. The minimum absolute atomic E-state index is 0.0845. The van der Waals surface area contributed by atoms with Crippen LogP contribution in [0, 0.1) is 4.77 Å². The van der Waals surface area contributed by atoms with Gasteiger partial charge in [-0.2, -0.15) is 0 Å². The first kappa shape index (κ1) is 11.9. The third kappa shape index (κ3) is 2.89. The molecule has 1 aromatic heterocycles. The monoisotopic (exact) mass is 224 g/mol. The van der Waals surface area contributed by atoms with Crippen LogP contribution in [0.25, 0.3) is 0 Å². The number of H-pyrrole nitrogens is 1. The molecule has 1 aromatic rings. The molecule has 0 radical (unpaired) electrons. The highest BCUT2D eigenvalue weighted by atomic mass is 32.1. The topological polar surface area (TPSA) is 37.8 Å². The molecule has 0 fully saturated rings. The molecule has 0 aliphatic carbocycles. The molecule has 0 aromatic carbocycles. The lowest BCUT2D eigenvalue weighted by Crippen LogP contribution is -2.18. The maximum atomic E-state index is 11.6. The summed E-state index contributed by atoms with van der Waals surface area (Å²) in [5, 5.41) is 0. The Morgan fingerprint density at radius 1 is 1.67 bits per heavy atom. The Labute approximate surface area is 94.5 Å². The van der Waals surface area contributed by atoms with Gasteiger partial charge in [0, 0.05) is 17.8 Å². The molecule has 0 saturated carbocycles. The highest BCUT2D eigenvalue weighted by Gasteiger charge is 2.04. The smallest absolute Gasteiger partial charge is 0.254 e. The Hall–Kier alpha value is -1.16. The normalized spacial score (nSPS) is 10.6. The molecule has 0 aliphatic heterocycles. The van der Waals surface area contributed by atoms with Gasteiger partial charge in [0.05, 0.1) is 0 Å². The van der Waals surface area contributed by atoms with Crippen LogP contribution in [0.2, 0.25) is 0 Å². The van der Waals surface area contributed by atoms with E-state index < -0.39 is 0 Å². The van der Waals surface area contributed by atoms with Crippen molar-refractivity contribution in [3.05, 3.63) is 39.5 Å². The van der Waals surface area contributed by atoms with Gasteiger partial charge in [0.2, 0.25) is 0 Å². The van der Waals surface area contributed by atoms with E-state index in [0.717, 1.165) is 12.0 Å². The van der Waals surface area contributed by atoms with Crippen molar-refractivity contribution in [3.63, 3.8) is 0 Å². The van der Waals surface area contributed by atoms with Gasteiger partial charge in [-0.3, -0.25) is 9.78 Å². The Kier molecular flexibility index (Phi) is 4.03. The lowest BCUT2D eigenvalue weighted by Gasteiger charge is -2.11. The molecular formula is C11H16N2OS. The number of aromatic nitrogens is 2. The van der Waals surface area contributed by atoms with E-state index >= 15 is 0 Å². The van der Waals surface area contributed by atoms with Crippen molar-refractivity contribution >= 4 is 12.2 Å². The van der Waals surface area contributed by atoms with E-state index in [4.69, 9.17) is 12.2 Å². The molecule has 1 rings (SSSR count). The minimum Gasteiger partial charge on any atom is -0.322 e. The Morgan fingerprint density at radius 3 is 2.87 bits per heavy atom. The lowest BCUT2D eigenvalue weighted by molar-refractivity contribution is 0.569. The van der Waals surface area contributed by atoms with Gasteiger partial charge in [-0.05, 0) is 38.9 Å². The molecule has 0 amide bonds. The second kappa shape index (κ2) is 5.07. The van der Waals surface area contributed by atoms with Crippen LogP contribution in [0.3, 0.4) is 0 Å². The largest absolute Gasteiger partial charge is 0.322 e. The number of rotatable bonds is 4. The number of aromatic amines is 1. The van der Waals surface area contributed by atoms with Gasteiger partial charge in [-0.15, -0.1) is 6.58 Å². The molecule has 0 aliphatic rings. The minimum atomic E-state index is -0.0845. The zero-order chi connectivity index (χ0) is 11.4. The molecule has 1 heterocycles. The van der Waals surface area contributed by atoms with E-state index in [1.165, 1.54) is 0 Å². The van der Waals surface area contributed by atoms with Crippen molar-refractivity contribution in [2.24, 2.45) is 0 Å². The molecular weight excluding hydrogens is 208 g/mol. The van der Waals surface area contributed by atoms with Crippen LogP contribution < -0.4 is 5.56 Å². The van der Waals surface area contributed by atoms with E-state index in [2.05, 4.69) is 11.6 Å². The molecule has 82 valence electrons. The van der Waals surface area contributed by atoms with Gasteiger partial charge in [0.25, 0.3) is 5.56 Å². The fourth-order valence-corrected chi connectivity index (χ4v) is 1.70. The number of allylic oxidation sites excluding steroid dienone is 1. The third-order valence-corrected chi connectivity index (χ3v) is 2.53. The summed E-state index contributed by atoms with van der Waals surface area (Å²) in [5.41, 5.74) is 0.677. The summed E-state index contributed by atoms with van der Waals surface area (Å²) in [6, 6.07) is 0.261. The highest BCUT2D eigenvalue weighted by molar-refractivity contribution is 7.71. The Morgan fingerprint density at radius 2 is 2.33 bits per heavy atom. The second-order valence-electron chi connectivity index (χ2n) is 3.74. The molecule has 0 spiro atoms. The average Bonchev–Trinajstić information content (AvgIpc) is 2.16. The van der Waals surface area contributed by atoms with Crippen LogP contribution in [0.1, 0.15) is 31.9 Å². The SMILES string of the molecule is C=CCCc1cn(C(C)C)c(=S)[nH]c1=O. The van der Waals surface area contributed by atoms with Gasteiger partial charge in [0.15, 0.2) is 4.77 Å². The molecule has 3 nitrogen and oxygen atoms in total. The van der Waals surface area contributed by atoms with Crippen molar-refractivity contribution < 1.29 is 0 Å². The average molecular weight is 224 g/mol. The van der Waals surface area contributed by atoms with Crippen LogP contribution in [0.15, 0.2) is 23.6 Å². The number of hydrogen-bond acceptors (Lipinski definition) is 2. The summed E-state index contributed by atoms with van der Waals surface area (Å²) in [7, 11) is 0. The predicted molar refractivity (Wildman–Crippen MR) is 64.8 cm³/mol. The van der Waals surface area contributed by atoms with Crippen LogP contribution in [0.5, 0.6) is 0 Å². The molecule has 4 heteroatoms. The summed E-state index contributed by atoms with van der Waals surface area (Å²) >= 11 is 5.08. The van der Waals surface area contributed by atoms with Crippen molar-refractivity contribution in [2.75, 3.05) is 0 Å². The van der Waals surface area contributed by atoms with Crippen LogP contribution in [-0.4, -0.2) is 9.55 Å². The quantitative estimate of drug-likeness (QED) is 0.630. The fraction of sp³-hybridized carbons (Fsp3) is 0.455. The van der Waals surface area contributed by atoms with Crippen molar-refractivity contribution in [1.29, 1.82) is 0 Å². The maximum absolute atomic E-state index is 11.6. The zero-order valence-electron chi connectivity index (χ0n) is 9.12. The maximum Gasteiger partial charge on any atom is 0.254 e. The molecule has 0 atom stereocenters. The van der Waals surface area contributed by atoms with Gasteiger partial charge >= 0.3 is 0 Å². The van der Waals surface area contributed by atoms with Gasteiger partial charge in [-0.1, -0.05) is 6.08 Å². The molecule has 0 saturated heterocycles. The van der Waals surface area contributed by atoms with Crippen molar-refractivity contribution in [3.8, 4) is 0 Å². The van der Waals surface area contributed by atoms with Crippen LogP contribution >= 0.6 is 12.2 Å². The Balaban J connectivity index is 3.17. The second-order valence-corrected chi connectivity index (χ2v) is 4.13. The fourth-order valence-electron chi connectivity index (χ4n) is 1.35. The van der Waals surface area contributed by atoms with E-state index in [1.54, 1.807) is 6.08 Å². The summed E-state index contributed by atoms with van der Waals surface area (Å²) < 4.78 is 2.38. The Bertz CT molecular complexity index is 456. The lowest BCUT2D eigenvalue weighted by atomic mass is 10.2. The highest BCUT2D eigenvalue weighted by Crippen LogP contribution is 2.05. The number of aryl methyl sites for hydroxylation is 1. The third-order valence-electron chi connectivity index (χ3n) is 2.22. The number of nitrogens with one attached hydrogen (secondary N) is 1. The first-order valence-electron chi connectivity index (χ1n) is 5.01. The molecule has 15 heavy (non-hydrogen) atoms. The van der Waals surface area contributed by atoms with E-state index in [-0.39, 0.29) is 11.6 Å². The summed E-state index contributed by atoms with van der Waals surface area (Å²) in [6.07, 6.45) is 5.16. The van der Waals surface area contributed by atoms with Crippen molar-refractivity contribution in [2.45, 2.75) is 32.7 Å². The van der Waals surface area contributed by atoms with E-state index in [0.29, 0.717) is 11.2 Å².